The molecule has 0 bridgehead atoms. The molecule has 31 heavy (non-hydrogen) atoms. The molecule has 0 aliphatic carbocycles. The molecule has 1 N–H and O–H groups in total. The maximum atomic E-state index is 12.8. The van der Waals surface area contributed by atoms with Crippen LogP contribution in [0, 0.1) is 27.2 Å². The third-order valence-corrected chi connectivity index (χ3v) is 5.28. The Labute approximate surface area is 179 Å². The van der Waals surface area contributed by atoms with Gasteiger partial charge in [-0.2, -0.15) is 0 Å². The summed E-state index contributed by atoms with van der Waals surface area (Å²) in [5.74, 6) is -2.16. The van der Waals surface area contributed by atoms with Gasteiger partial charge in [-0.3, -0.25) is 29.8 Å². The van der Waals surface area contributed by atoms with Crippen molar-refractivity contribution in [3.8, 4) is 0 Å². The zero-order chi connectivity index (χ0) is 23.5. The second-order valence-corrected chi connectivity index (χ2v) is 7.37. The minimum atomic E-state index is -0.975. The lowest BCUT2D eigenvalue weighted by atomic mass is 10.1. The fourth-order valence-electron chi connectivity index (χ4n) is 2.60. The van der Waals surface area contributed by atoms with Gasteiger partial charge < -0.3 is 15.0 Å². The smallest absolute Gasteiger partial charge is 0.341 e. The number of nitro groups is 2. The molecule has 13 heteroatoms. The number of carbonyl (C=O) groups is 3. The summed E-state index contributed by atoms with van der Waals surface area (Å²) in [7, 11) is 3.04. The summed E-state index contributed by atoms with van der Waals surface area (Å²) in [5.41, 5.74) is -1.54. The average molecular weight is 450 g/mol. The van der Waals surface area contributed by atoms with E-state index in [-0.39, 0.29) is 27.6 Å². The van der Waals surface area contributed by atoms with Crippen LogP contribution in [0.25, 0.3) is 0 Å². The Balaban J connectivity index is 2.55. The van der Waals surface area contributed by atoms with E-state index in [1.807, 2.05) is 0 Å². The SMILES string of the molecule is CCOC(=O)c1c(NC(=O)c2ccc([N+](=O)[O-])cc2[N+](=O)[O-])sc(C(=O)N(C)C)c1C. The maximum absolute atomic E-state index is 12.8. The molecule has 0 aliphatic heterocycles. The number of non-ortho nitro benzene ring substituents is 1. The van der Waals surface area contributed by atoms with Gasteiger partial charge in [-0.15, -0.1) is 11.3 Å². The number of amides is 2. The fraction of sp³-hybridized carbons (Fsp3) is 0.278. The molecular formula is C18H18N4O8S. The summed E-state index contributed by atoms with van der Waals surface area (Å²) in [6, 6.07) is 2.57. The third-order valence-electron chi connectivity index (χ3n) is 4.09. The number of nitro benzene ring substituents is 2. The first kappa shape index (κ1) is 23.4. The number of rotatable bonds is 7. The molecule has 0 unspecified atom stereocenters. The molecule has 1 aromatic carbocycles. The average Bonchev–Trinajstić information content (AvgIpc) is 3.02. The molecular weight excluding hydrogens is 432 g/mol. The van der Waals surface area contributed by atoms with Gasteiger partial charge in [-0.05, 0) is 25.5 Å². The normalized spacial score (nSPS) is 10.3. The first-order valence-corrected chi connectivity index (χ1v) is 9.57. The zero-order valence-electron chi connectivity index (χ0n) is 17.0. The van der Waals surface area contributed by atoms with Gasteiger partial charge in [-0.25, -0.2) is 4.79 Å². The standard InChI is InChI=1S/C18H18N4O8S/c1-5-30-18(25)13-9(2)14(17(24)20(3)4)31-16(13)19-15(23)11-7-6-10(21(26)27)8-12(11)22(28)29/h6-8H,5H2,1-4H3,(H,19,23). The zero-order valence-corrected chi connectivity index (χ0v) is 17.8. The molecule has 1 heterocycles. The molecule has 0 radical (unpaired) electrons. The highest BCUT2D eigenvalue weighted by molar-refractivity contribution is 7.18. The van der Waals surface area contributed by atoms with Crippen LogP contribution < -0.4 is 5.32 Å². The second kappa shape index (κ2) is 9.30. The van der Waals surface area contributed by atoms with Crippen LogP contribution in [-0.2, 0) is 4.74 Å². The molecule has 2 rings (SSSR count). The summed E-state index contributed by atoms with van der Waals surface area (Å²) in [6.07, 6.45) is 0. The number of esters is 1. The van der Waals surface area contributed by atoms with E-state index in [1.54, 1.807) is 6.92 Å². The Morgan fingerprint density at radius 1 is 1.16 bits per heavy atom. The van der Waals surface area contributed by atoms with Crippen molar-refractivity contribution in [2.75, 3.05) is 26.0 Å². The van der Waals surface area contributed by atoms with E-state index in [0.717, 1.165) is 23.5 Å². The number of nitrogens with one attached hydrogen (secondary N) is 1. The first-order chi connectivity index (χ1) is 14.5. The fourth-order valence-corrected chi connectivity index (χ4v) is 3.82. The highest BCUT2D eigenvalue weighted by Gasteiger charge is 2.30. The minimum absolute atomic E-state index is 0.0289. The van der Waals surface area contributed by atoms with Gasteiger partial charge in [0.05, 0.1) is 33.0 Å². The van der Waals surface area contributed by atoms with Gasteiger partial charge in [0, 0.05) is 20.2 Å². The van der Waals surface area contributed by atoms with Crippen molar-refractivity contribution >= 4 is 45.5 Å². The number of ether oxygens (including phenoxy) is 1. The Morgan fingerprint density at radius 2 is 1.81 bits per heavy atom. The maximum Gasteiger partial charge on any atom is 0.341 e. The minimum Gasteiger partial charge on any atom is -0.462 e. The van der Waals surface area contributed by atoms with E-state index in [1.165, 1.54) is 25.9 Å². The van der Waals surface area contributed by atoms with Gasteiger partial charge in [0.15, 0.2) is 0 Å². The summed E-state index contributed by atoms with van der Waals surface area (Å²) < 4.78 is 5.00. The van der Waals surface area contributed by atoms with Crippen LogP contribution in [0.3, 0.4) is 0 Å². The van der Waals surface area contributed by atoms with E-state index in [4.69, 9.17) is 4.74 Å². The van der Waals surface area contributed by atoms with Gasteiger partial charge in [0.2, 0.25) is 0 Å². The van der Waals surface area contributed by atoms with E-state index < -0.39 is 44.6 Å². The van der Waals surface area contributed by atoms with Crippen LogP contribution in [0.5, 0.6) is 0 Å². The monoisotopic (exact) mass is 450 g/mol. The van der Waals surface area contributed by atoms with Crippen molar-refractivity contribution in [3.63, 3.8) is 0 Å². The number of hydrogen-bond acceptors (Lipinski definition) is 9. The number of benzene rings is 1. The summed E-state index contributed by atoms with van der Waals surface area (Å²) >= 11 is 0.820. The lowest BCUT2D eigenvalue weighted by Crippen LogP contribution is -2.21. The van der Waals surface area contributed by atoms with Crippen LogP contribution in [0.1, 0.15) is 42.9 Å². The van der Waals surface area contributed by atoms with Crippen molar-refractivity contribution in [2.24, 2.45) is 0 Å². The predicted molar refractivity (Wildman–Crippen MR) is 111 cm³/mol. The number of carbonyl (C=O) groups excluding carboxylic acids is 3. The largest absolute Gasteiger partial charge is 0.462 e. The summed E-state index contributed by atoms with van der Waals surface area (Å²) in [4.78, 5) is 59.5. The highest BCUT2D eigenvalue weighted by Crippen LogP contribution is 2.35. The van der Waals surface area contributed by atoms with Gasteiger partial charge in [0.1, 0.15) is 10.6 Å². The molecule has 0 saturated heterocycles. The van der Waals surface area contributed by atoms with Crippen molar-refractivity contribution < 1.29 is 29.0 Å². The van der Waals surface area contributed by atoms with Crippen LogP contribution in [0.2, 0.25) is 0 Å². The third kappa shape index (κ3) is 4.83. The molecule has 1 aromatic heterocycles. The number of hydrogen-bond donors (Lipinski definition) is 1. The predicted octanol–water partition coefficient (Wildman–Crippen LogP) is 3.00. The van der Waals surface area contributed by atoms with Crippen molar-refractivity contribution in [1.82, 2.24) is 4.90 Å². The van der Waals surface area contributed by atoms with Crippen LogP contribution in [0.15, 0.2) is 18.2 Å². The quantitative estimate of drug-likeness (QED) is 0.382. The lowest BCUT2D eigenvalue weighted by Gasteiger charge is -2.09. The van der Waals surface area contributed by atoms with E-state index in [9.17, 15) is 34.6 Å². The number of anilines is 1. The van der Waals surface area contributed by atoms with E-state index in [0.29, 0.717) is 6.07 Å². The number of thiophene rings is 1. The molecule has 0 spiro atoms. The van der Waals surface area contributed by atoms with Crippen molar-refractivity contribution in [3.05, 3.63) is 60.0 Å². The van der Waals surface area contributed by atoms with E-state index >= 15 is 0 Å². The molecule has 0 atom stereocenters. The molecule has 12 nitrogen and oxygen atoms in total. The Kier molecular flexibility index (Phi) is 7.02. The highest BCUT2D eigenvalue weighted by atomic mass is 32.1. The molecule has 2 amide bonds. The van der Waals surface area contributed by atoms with Crippen LogP contribution >= 0.6 is 11.3 Å². The van der Waals surface area contributed by atoms with Gasteiger partial charge in [0.25, 0.3) is 23.2 Å². The topological polar surface area (TPSA) is 162 Å². The van der Waals surface area contributed by atoms with Crippen molar-refractivity contribution in [1.29, 1.82) is 0 Å². The van der Waals surface area contributed by atoms with Crippen LogP contribution in [-0.4, -0.2) is 53.2 Å². The number of nitrogens with zero attached hydrogens (tertiary/aromatic N) is 3. The molecule has 0 saturated carbocycles. The second-order valence-electron chi connectivity index (χ2n) is 6.35. The summed E-state index contributed by atoms with van der Waals surface area (Å²) in [5, 5.41) is 24.6. The molecule has 2 aromatic rings. The summed E-state index contributed by atoms with van der Waals surface area (Å²) in [6.45, 7) is 3.15. The molecule has 0 aliphatic rings. The Hall–Kier alpha value is -3.87. The Morgan fingerprint density at radius 3 is 2.32 bits per heavy atom. The Bertz CT molecular complexity index is 1090. The van der Waals surface area contributed by atoms with Crippen molar-refractivity contribution in [2.45, 2.75) is 13.8 Å². The van der Waals surface area contributed by atoms with E-state index in [2.05, 4.69) is 5.32 Å². The van der Waals surface area contributed by atoms with Crippen LogP contribution in [0.4, 0.5) is 16.4 Å². The van der Waals surface area contributed by atoms with Gasteiger partial charge in [-0.1, -0.05) is 0 Å². The molecule has 164 valence electrons. The van der Waals surface area contributed by atoms with Gasteiger partial charge >= 0.3 is 5.97 Å². The lowest BCUT2D eigenvalue weighted by molar-refractivity contribution is -0.394. The first-order valence-electron chi connectivity index (χ1n) is 8.75. The molecule has 0 fully saturated rings.